The van der Waals surface area contributed by atoms with Gasteiger partial charge in [-0.3, -0.25) is 0 Å². The first-order chi connectivity index (χ1) is 14.5. The van der Waals surface area contributed by atoms with Crippen molar-refractivity contribution in [3.63, 3.8) is 0 Å². The Bertz CT molecular complexity index is 1080. The van der Waals surface area contributed by atoms with Gasteiger partial charge in [0.15, 0.2) is 0 Å². The summed E-state index contributed by atoms with van der Waals surface area (Å²) < 4.78 is 32.6. The van der Waals surface area contributed by atoms with Crippen molar-refractivity contribution in [2.24, 2.45) is 0 Å². The Hall–Kier alpha value is -2.71. The quantitative estimate of drug-likeness (QED) is 0.600. The van der Waals surface area contributed by atoms with Crippen LogP contribution in [0.1, 0.15) is 24.8 Å². The molecule has 1 aromatic heterocycles. The highest BCUT2D eigenvalue weighted by Gasteiger charge is 2.28. The van der Waals surface area contributed by atoms with Gasteiger partial charge >= 0.3 is 0 Å². The summed E-state index contributed by atoms with van der Waals surface area (Å²) in [6, 6.07) is 15.2. The highest BCUT2D eigenvalue weighted by molar-refractivity contribution is 7.89. The third kappa shape index (κ3) is 4.24. The van der Waals surface area contributed by atoms with Gasteiger partial charge in [-0.2, -0.15) is 9.29 Å². The molecule has 4 rings (SSSR count). The molecule has 2 heterocycles. The molecule has 0 atom stereocenters. The maximum absolute atomic E-state index is 13.0. The summed E-state index contributed by atoms with van der Waals surface area (Å²) >= 11 is 0. The second-order valence-corrected chi connectivity index (χ2v) is 9.41. The van der Waals surface area contributed by atoms with Crippen LogP contribution < -0.4 is 4.90 Å². The summed E-state index contributed by atoms with van der Waals surface area (Å²) in [4.78, 5) is 6.81. The Labute approximate surface area is 177 Å². The summed E-state index contributed by atoms with van der Waals surface area (Å²) in [5.41, 5.74) is 3.11. The molecule has 1 saturated heterocycles. The van der Waals surface area contributed by atoms with Crippen molar-refractivity contribution in [2.75, 3.05) is 31.1 Å². The molecule has 1 fully saturated rings. The predicted octanol–water partition coefficient (Wildman–Crippen LogP) is 3.51. The summed E-state index contributed by atoms with van der Waals surface area (Å²) in [7, 11) is -3.46. The zero-order chi connectivity index (χ0) is 21.1. The van der Waals surface area contributed by atoms with Gasteiger partial charge in [-0.25, -0.2) is 8.42 Å². The van der Waals surface area contributed by atoms with E-state index in [0.717, 1.165) is 24.1 Å². The van der Waals surface area contributed by atoms with E-state index in [2.05, 4.69) is 22.0 Å². The zero-order valence-corrected chi connectivity index (χ0v) is 18.1. The van der Waals surface area contributed by atoms with E-state index in [9.17, 15) is 8.42 Å². The van der Waals surface area contributed by atoms with Crippen LogP contribution in [-0.4, -0.2) is 49.0 Å². The Morgan fingerprint density at radius 1 is 0.967 bits per heavy atom. The van der Waals surface area contributed by atoms with E-state index in [1.165, 1.54) is 5.56 Å². The number of hydrogen-bond donors (Lipinski definition) is 0. The van der Waals surface area contributed by atoms with Crippen LogP contribution >= 0.6 is 0 Å². The molecule has 0 unspecified atom stereocenters. The zero-order valence-electron chi connectivity index (χ0n) is 17.3. The van der Waals surface area contributed by atoms with Gasteiger partial charge in [0.05, 0.1) is 4.90 Å². The highest BCUT2D eigenvalue weighted by atomic mass is 32.2. The van der Waals surface area contributed by atoms with E-state index < -0.39 is 10.0 Å². The molecular formula is C22H26N4O3S. The number of piperazine rings is 1. The molecule has 0 saturated carbocycles. The molecule has 7 nitrogen and oxygen atoms in total. The number of nitrogens with zero attached hydrogens (tertiary/aromatic N) is 4. The van der Waals surface area contributed by atoms with Gasteiger partial charge in [-0.1, -0.05) is 30.6 Å². The van der Waals surface area contributed by atoms with Crippen molar-refractivity contribution >= 4 is 15.7 Å². The van der Waals surface area contributed by atoms with Crippen LogP contribution in [0.15, 0.2) is 57.9 Å². The molecule has 3 aromatic rings. The number of rotatable bonds is 6. The molecule has 8 heteroatoms. The van der Waals surface area contributed by atoms with E-state index in [1.54, 1.807) is 23.4 Å². The van der Waals surface area contributed by atoms with E-state index in [0.29, 0.717) is 42.8 Å². The monoisotopic (exact) mass is 426 g/mol. The number of anilines is 1. The Morgan fingerprint density at radius 2 is 1.63 bits per heavy atom. The Balaban J connectivity index is 1.40. The Kier molecular flexibility index (Phi) is 5.87. The van der Waals surface area contributed by atoms with Gasteiger partial charge in [-0.05, 0) is 48.4 Å². The molecule has 30 heavy (non-hydrogen) atoms. The van der Waals surface area contributed by atoms with Crippen LogP contribution in [0.2, 0.25) is 0 Å². The average molecular weight is 427 g/mol. The standard InChI is InChI=1S/C22H26N4O3S/c1-3-4-18-5-11-21(12-6-18)30(27,28)26-15-13-25(14-16-26)20-9-7-19(8-10-20)22-23-17(2)29-24-22/h5-12H,3-4,13-16H2,1-2H3. The van der Waals surface area contributed by atoms with Crippen LogP contribution in [0.4, 0.5) is 5.69 Å². The number of sulfonamides is 1. The van der Waals surface area contributed by atoms with Crippen LogP contribution in [0.3, 0.4) is 0 Å². The van der Waals surface area contributed by atoms with Crippen LogP contribution in [0.25, 0.3) is 11.4 Å². The number of benzene rings is 2. The fourth-order valence-corrected chi connectivity index (χ4v) is 5.11. The van der Waals surface area contributed by atoms with Gasteiger partial charge in [-0.15, -0.1) is 0 Å². The van der Waals surface area contributed by atoms with Crippen molar-refractivity contribution in [1.29, 1.82) is 0 Å². The topological polar surface area (TPSA) is 79.5 Å². The number of aromatic nitrogens is 2. The maximum Gasteiger partial charge on any atom is 0.243 e. The maximum atomic E-state index is 13.0. The van der Waals surface area contributed by atoms with E-state index in [1.807, 2.05) is 36.4 Å². The second-order valence-electron chi connectivity index (χ2n) is 7.47. The van der Waals surface area contributed by atoms with Crippen molar-refractivity contribution < 1.29 is 12.9 Å². The minimum atomic E-state index is -3.46. The molecule has 2 aromatic carbocycles. The lowest BCUT2D eigenvalue weighted by Gasteiger charge is -2.35. The second kappa shape index (κ2) is 8.57. The summed E-state index contributed by atoms with van der Waals surface area (Å²) in [5.74, 6) is 1.10. The van der Waals surface area contributed by atoms with Gasteiger partial charge in [0.2, 0.25) is 21.7 Å². The molecule has 0 radical (unpaired) electrons. The van der Waals surface area contributed by atoms with Crippen molar-refractivity contribution in [2.45, 2.75) is 31.6 Å². The van der Waals surface area contributed by atoms with Crippen LogP contribution in [0, 0.1) is 6.92 Å². The molecule has 0 bridgehead atoms. The molecule has 1 aliphatic rings. The molecule has 0 amide bonds. The minimum absolute atomic E-state index is 0.371. The van der Waals surface area contributed by atoms with Gasteiger partial charge in [0.1, 0.15) is 0 Å². The summed E-state index contributed by atoms with van der Waals surface area (Å²) in [5, 5.41) is 3.94. The first-order valence-corrected chi connectivity index (χ1v) is 11.7. The lowest BCUT2D eigenvalue weighted by Crippen LogP contribution is -2.48. The first kappa shape index (κ1) is 20.6. The normalized spacial score (nSPS) is 15.5. The van der Waals surface area contributed by atoms with Gasteiger partial charge < -0.3 is 9.42 Å². The van der Waals surface area contributed by atoms with Crippen molar-refractivity contribution in [1.82, 2.24) is 14.4 Å². The fraction of sp³-hybridized carbons (Fsp3) is 0.364. The van der Waals surface area contributed by atoms with Crippen LogP contribution in [-0.2, 0) is 16.4 Å². The smallest absolute Gasteiger partial charge is 0.243 e. The van der Waals surface area contributed by atoms with Crippen LogP contribution in [0.5, 0.6) is 0 Å². The first-order valence-electron chi connectivity index (χ1n) is 10.2. The molecular weight excluding hydrogens is 400 g/mol. The van der Waals surface area contributed by atoms with E-state index in [4.69, 9.17) is 4.52 Å². The molecule has 158 valence electrons. The molecule has 0 N–H and O–H groups in total. The summed E-state index contributed by atoms with van der Waals surface area (Å²) in [6.07, 6.45) is 2.01. The van der Waals surface area contributed by atoms with Crippen molar-refractivity contribution in [3.8, 4) is 11.4 Å². The lowest BCUT2D eigenvalue weighted by atomic mass is 10.1. The van der Waals surface area contributed by atoms with Gasteiger partial charge in [0.25, 0.3) is 0 Å². The van der Waals surface area contributed by atoms with E-state index in [-0.39, 0.29) is 0 Å². The molecule has 0 aliphatic carbocycles. The van der Waals surface area contributed by atoms with Crippen molar-refractivity contribution in [3.05, 3.63) is 60.0 Å². The number of aryl methyl sites for hydroxylation is 2. The minimum Gasteiger partial charge on any atom is -0.369 e. The predicted molar refractivity (Wildman–Crippen MR) is 116 cm³/mol. The molecule has 0 spiro atoms. The lowest BCUT2D eigenvalue weighted by molar-refractivity contribution is 0.385. The third-order valence-corrected chi connectivity index (χ3v) is 7.27. The Morgan fingerprint density at radius 3 is 2.20 bits per heavy atom. The largest absolute Gasteiger partial charge is 0.369 e. The average Bonchev–Trinajstić information content (AvgIpc) is 3.21. The third-order valence-electron chi connectivity index (χ3n) is 5.36. The number of hydrogen-bond acceptors (Lipinski definition) is 6. The highest BCUT2D eigenvalue weighted by Crippen LogP contribution is 2.24. The summed E-state index contributed by atoms with van der Waals surface area (Å²) in [6.45, 7) is 6.10. The van der Waals surface area contributed by atoms with E-state index >= 15 is 0 Å². The van der Waals surface area contributed by atoms with Gasteiger partial charge in [0, 0.05) is 44.4 Å². The SMILES string of the molecule is CCCc1ccc(S(=O)(=O)N2CCN(c3ccc(-c4noc(C)n4)cc3)CC2)cc1. The fourth-order valence-electron chi connectivity index (χ4n) is 3.69. The molecule has 1 aliphatic heterocycles.